The van der Waals surface area contributed by atoms with E-state index in [1.807, 2.05) is 49.4 Å². The van der Waals surface area contributed by atoms with E-state index in [9.17, 15) is 4.79 Å². The van der Waals surface area contributed by atoms with Gasteiger partial charge in [0.25, 0.3) is 0 Å². The second-order valence-electron chi connectivity index (χ2n) is 5.20. The van der Waals surface area contributed by atoms with Crippen LogP contribution in [-0.4, -0.2) is 11.9 Å². The Labute approximate surface area is 119 Å². The third-order valence-corrected chi connectivity index (χ3v) is 3.77. The maximum atomic E-state index is 12.4. The number of carbonyl (C=O) groups excluding carboxylic acids is 1. The molecule has 1 amide bonds. The monoisotopic (exact) mass is 266 g/mol. The minimum absolute atomic E-state index is 0.0359. The molecule has 0 aliphatic carbocycles. The third-order valence-electron chi connectivity index (χ3n) is 3.77. The van der Waals surface area contributed by atoms with E-state index in [0.29, 0.717) is 0 Å². The Morgan fingerprint density at radius 2 is 1.90 bits per heavy atom. The molecular weight excluding hydrogens is 248 g/mol. The molecule has 1 aliphatic rings. The molecule has 1 atom stereocenters. The highest BCUT2D eigenvalue weighted by atomic mass is 16.2. The number of anilines is 2. The van der Waals surface area contributed by atoms with Crippen molar-refractivity contribution in [2.45, 2.75) is 25.8 Å². The Bertz CT molecular complexity index is 636. The maximum absolute atomic E-state index is 12.4. The lowest BCUT2D eigenvalue weighted by Gasteiger charge is -2.26. The van der Waals surface area contributed by atoms with Gasteiger partial charge in [0.1, 0.15) is 6.04 Å². The van der Waals surface area contributed by atoms with Crippen LogP contribution in [0.3, 0.4) is 0 Å². The zero-order chi connectivity index (χ0) is 13.9. The van der Waals surface area contributed by atoms with Gasteiger partial charge in [0, 0.05) is 11.4 Å². The van der Waals surface area contributed by atoms with Crippen LogP contribution in [0.25, 0.3) is 0 Å². The first-order chi connectivity index (χ1) is 9.74. The second kappa shape index (κ2) is 5.37. The number of amides is 1. The molecule has 0 radical (unpaired) electrons. The van der Waals surface area contributed by atoms with Crippen LogP contribution >= 0.6 is 0 Å². The summed E-state index contributed by atoms with van der Waals surface area (Å²) in [5.41, 5.74) is 4.33. The number of para-hydroxylation sites is 2. The Morgan fingerprint density at radius 3 is 2.75 bits per heavy atom. The van der Waals surface area contributed by atoms with Crippen LogP contribution in [0.4, 0.5) is 11.4 Å². The van der Waals surface area contributed by atoms with Crippen molar-refractivity contribution in [2.75, 3.05) is 10.6 Å². The van der Waals surface area contributed by atoms with Crippen LogP contribution in [0.15, 0.2) is 48.5 Å². The lowest BCUT2D eigenvalue weighted by molar-refractivity contribution is -0.117. The molecule has 0 unspecified atom stereocenters. The summed E-state index contributed by atoms with van der Waals surface area (Å²) in [6, 6.07) is 15.8. The zero-order valence-electron chi connectivity index (χ0n) is 11.5. The van der Waals surface area contributed by atoms with E-state index in [0.717, 1.165) is 29.8 Å². The van der Waals surface area contributed by atoms with Gasteiger partial charge in [-0.25, -0.2) is 0 Å². The maximum Gasteiger partial charge on any atom is 0.246 e. The van der Waals surface area contributed by atoms with Gasteiger partial charge in [0.05, 0.1) is 0 Å². The number of fused-ring (bicyclic) bond motifs is 1. The number of hydrogen-bond acceptors (Lipinski definition) is 2. The smallest absolute Gasteiger partial charge is 0.246 e. The summed E-state index contributed by atoms with van der Waals surface area (Å²) in [5, 5.41) is 6.33. The van der Waals surface area contributed by atoms with Crippen LogP contribution in [0.5, 0.6) is 0 Å². The molecule has 0 bridgehead atoms. The number of carbonyl (C=O) groups is 1. The lowest BCUT2D eigenvalue weighted by atomic mass is 9.97. The summed E-state index contributed by atoms with van der Waals surface area (Å²) < 4.78 is 0. The number of aryl methyl sites for hydroxylation is 2. The third kappa shape index (κ3) is 2.52. The van der Waals surface area contributed by atoms with Crippen molar-refractivity contribution in [3.63, 3.8) is 0 Å². The highest BCUT2D eigenvalue weighted by molar-refractivity contribution is 5.97. The van der Waals surface area contributed by atoms with Gasteiger partial charge < -0.3 is 10.6 Å². The predicted molar refractivity (Wildman–Crippen MR) is 82.0 cm³/mol. The zero-order valence-corrected chi connectivity index (χ0v) is 11.5. The highest BCUT2D eigenvalue weighted by Gasteiger charge is 2.23. The highest BCUT2D eigenvalue weighted by Crippen LogP contribution is 2.25. The first-order valence-electron chi connectivity index (χ1n) is 6.95. The van der Waals surface area contributed by atoms with Crippen molar-refractivity contribution in [3.05, 3.63) is 59.7 Å². The minimum Gasteiger partial charge on any atom is -0.373 e. The standard InChI is InChI=1S/C17H18N2O/c1-12-6-2-4-8-14(12)19-17(20)16-11-10-13-7-3-5-9-15(13)18-16/h2-9,16,18H,10-11H2,1H3,(H,19,20)/t16-/m0/s1. The van der Waals surface area contributed by atoms with Gasteiger partial charge in [-0.3, -0.25) is 4.79 Å². The van der Waals surface area contributed by atoms with E-state index >= 15 is 0 Å². The second-order valence-corrected chi connectivity index (χ2v) is 5.20. The van der Waals surface area contributed by atoms with Crippen LogP contribution in [0.1, 0.15) is 17.5 Å². The summed E-state index contributed by atoms with van der Waals surface area (Å²) >= 11 is 0. The van der Waals surface area contributed by atoms with Crippen molar-refractivity contribution in [2.24, 2.45) is 0 Å². The fraction of sp³-hybridized carbons (Fsp3) is 0.235. The van der Waals surface area contributed by atoms with Crippen molar-refractivity contribution < 1.29 is 4.79 Å². The average molecular weight is 266 g/mol. The van der Waals surface area contributed by atoms with E-state index in [1.165, 1.54) is 5.56 Å². The Kier molecular flexibility index (Phi) is 3.42. The van der Waals surface area contributed by atoms with Crippen LogP contribution in [-0.2, 0) is 11.2 Å². The lowest BCUT2D eigenvalue weighted by Crippen LogP contribution is -2.37. The van der Waals surface area contributed by atoms with Crippen LogP contribution in [0, 0.1) is 6.92 Å². The average Bonchev–Trinajstić information content (AvgIpc) is 2.49. The molecule has 2 aromatic rings. The molecule has 0 saturated heterocycles. The molecule has 2 aromatic carbocycles. The van der Waals surface area contributed by atoms with Gasteiger partial charge in [-0.05, 0) is 43.0 Å². The molecule has 2 N–H and O–H groups in total. The first-order valence-corrected chi connectivity index (χ1v) is 6.95. The molecule has 0 saturated carbocycles. The molecule has 3 heteroatoms. The van der Waals surface area contributed by atoms with Gasteiger partial charge in [0.15, 0.2) is 0 Å². The van der Waals surface area contributed by atoms with Crippen LogP contribution < -0.4 is 10.6 Å². The van der Waals surface area contributed by atoms with E-state index in [1.54, 1.807) is 0 Å². The molecule has 0 spiro atoms. The van der Waals surface area contributed by atoms with Crippen molar-refractivity contribution in [1.82, 2.24) is 0 Å². The molecule has 3 nitrogen and oxygen atoms in total. The van der Waals surface area contributed by atoms with Crippen molar-refractivity contribution in [1.29, 1.82) is 0 Å². The van der Waals surface area contributed by atoms with Crippen molar-refractivity contribution in [3.8, 4) is 0 Å². The van der Waals surface area contributed by atoms with Gasteiger partial charge in [-0.1, -0.05) is 36.4 Å². The number of rotatable bonds is 2. The summed E-state index contributed by atoms with van der Waals surface area (Å²) in [7, 11) is 0. The SMILES string of the molecule is Cc1ccccc1NC(=O)[C@@H]1CCc2ccccc2N1. The quantitative estimate of drug-likeness (QED) is 0.875. The molecule has 0 fully saturated rings. The summed E-state index contributed by atoms with van der Waals surface area (Å²) in [5.74, 6) is 0.0359. The fourth-order valence-corrected chi connectivity index (χ4v) is 2.57. The van der Waals surface area contributed by atoms with Gasteiger partial charge in [-0.2, -0.15) is 0 Å². The molecule has 1 aliphatic heterocycles. The number of benzene rings is 2. The van der Waals surface area contributed by atoms with Gasteiger partial charge >= 0.3 is 0 Å². The van der Waals surface area contributed by atoms with Crippen molar-refractivity contribution >= 4 is 17.3 Å². The van der Waals surface area contributed by atoms with E-state index in [2.05, 4.69) is 16.7 Å². The molecule has 102 valence electrons. The summed E-state index contributed by atoms with van der Waals surface area (Å²) in [4.78, 5) is 12.4. The van der Waals surface area contributed by atoms with E-state index in [-0.39, 0.29) is 11.9 Å². The van der Waals surface area contributed by atoms with Gasteiger partial charge in [-0.15, -0.1) is 0 Å². The molecule has 0 aromatic heterocycles. The summed E-state index contributed by atoms with van der Waals surface area (Å²) in [6.07, 6.45) is 1.77. The number of nitrogens with one attached hydrogen (secondary N) is 2. The topological polar surface area (TPSA) is 41.1 Å². The van der Waals surface area contributed by atoms with E-state index in [4.69, 9.17) is 0 Å². The predicted octanol–water partition coefficient (Wildman–Crippen LogP) is 3.36. The summed E-state index contributed by atoms with van der Waals surface area (Å²) in [6.45, 7) is 2.00. The number of hydrogen-bond donors (Lipinski definition) is 2. The molecule has 3 rings (SSSR count). The Balaban J connectivity index is 1.72. The fourth-order valence-electron chi connectivity index (χ4n) is 2.57. The largest absolute Gasteiger partial charge is 0.373 e. The van der Waals surface area contributed by atoms with Crippen LogP contribution in [0.2, 0.25) is 0 Å². The Morgan fingerprint density at radius 1 is 1.15 bits per heavy atom. The molecule has 1 heterocycles. The normalized spacial score (nSPS) is 16.9. The van der Waals surface area contributed by atoms with Gasteiger partial charge in [0.2, 0.25) is 5.91 Å². The molecule has 20 heavy (non-hydrogen) atoms. The minimum atomic E-state index is -0.162. The van der Waals surface area contributed by atoms with E-state index < -0.39 is 0 Å². The Hall–Kier alpha value is -2.29. The molecular formula is C17H18N2O. The first kappa shape index (κ1) is 12.7.